The maximum atomic E-state index is 11.4. The van der Waals surface area contributed by atoms with Gasteiger partial charge in [0, 0.05) is 6.54 Å². The van der Waals surface area contributed by atoms with E-state index < -0.39 is 0 Å². The molecule has 1 aliphatic carbocycles. The van der Waals surface area contributed by atoms with Gasteiger partial charge in [0.05, 0.1) is 17.8 Å². The number of rotatable bonds is 0. The lowest BCUT2D eigenvalue weighted by Crippen LogP contribution is -2.26. The van der Waals surface area contributed by atoms with E-state index in [9.17, 15) is 4.79 Å². The molecule has 1 amide bonds. The van der Waals surface area contributed by atoms with E-state index >= 15 is 0 Å². The van der Waals surface area contributed by atoms with Crippen LogP contribution in [0.2, 0.25) is 0 Å². The van der Waals surface area contributed by atoms with Crippen molar-refractivity contribution in [1.82, 2.24) is 10.6 Å². The number of carbonyl (C=O) groups excluding carboxylic acids is 1. The summed E-state index contributed by atoms with van der Waals surface area (Å²) in [5.41, 5.74) is 4.86. The molecule has 78 valence electrons. The third-order valence-electron chi connectivity index (χ3n) is 3.20. The van der Waals surface area contributed by atoms with Crippen LogP contribution >= 0.6 is 0 Å². The Balaban J connectivity index is 2.06. The van der Waals surface area contributed by atoms with Crippen LogP contribution in [-0.4, -0.2) is 12.5 Å². The molecule has 0 aromatic heterocycles. The Hall–Kier alpha value is -1.51. The molecule has 0 saturated carbocycles. The summed E-state index contributed by atoms with van der Waals surface area (Å²) in [7, 11) is 0. The average Bonchev–Trinajstić information content (AvgIpc) is 2.52. The number of hydrogen-bond donors (Lipinski definition) is 2. The Kier molecular flexibility index (Phi) is 1.91. The van der Waals surface area contributed by atoms with Crippen molar-refractivity contribution in [1.29, 1.82) is 0 Å². The monoisotopic (exact) mass is 202 g/mol. The van der Waals surface area contributed by atoms with Crippen LogP contribution < -0.4 is 10.6 Å². The fraction of sp³-hybridized carbons (Fsp3) is 0.417. The second kappa shape index (κ2) is 3.26. The third-order valence-corrected chi connectivity index (χ3v) is 3.20. The minimum Gasteiger partial charge on any atom is -0.380 e. The molecule has 0 atom stereocenters. The van der Waals surface area contributed by atoms with Crippen molar-refractivity contribution in [2.24, 2.45) is 0 Å². The van der Waals surface area contributed by atoms with E-state index in [1.165, 1.54) is 11.1 Å². The lowest BCUT2D eigenvalue weighted by Gasteiger charge is -2.18. The Morgan fingerprint density at radius 2 is 2.13 bits per heavy atom. The highest BCUT2D eigenvalue weighted by molar-refractivity contribution is 5.85. The molecular weight excluding hydrogens is 188 g/mol. The summed E-state index contributed by atoms with van der Waals surface area (Å²) in [6.07, 6.45) is 8.24. The smallest absolute Gasteiger partial charge is 0.228 e. The highest BCUT2D eigenvalue weighted by Gasteiger charge is 2.27. The zero-order valence-electron chi connectivity index (χ0n) is 8.60. The molecule has 0 spiro atoms. The molecular formula is C12H14N2O. The molecule has 15 heavy (non-hydrogen) atoms. The summed E-state index contributed by atoms with van der Waals surface area (Å²) >= 11 is 0. The normalized spacial score (nSPS) is 24.4. The molecule has 2 N–H and O–H groups in total. The van der Waals surface area contributed by atoms with E-state index in [4.69, 9.17) is 0 Å². The predicted molar refractivity (Wildman–Crippen MR) is 57.8 cm³/mol. The maximum absolute atomic E-state index is 11.4. The quantitative estimate of drug-likeness (QED) is 0.622. The van der Waals surface area contributed by atoms with Crippen molar-refractivity contribution in [3.63, 3.8) is 0 Å². The molecule has 3 heteroatoms. The highest BCUT2D eigenvalue weighted by atomic mass is 16.1. The minimum absolute atomic E-state index is 0.144. The van der Waals surface area contributed by atoms with Crippen LogP contribution in [0.25, 0.3) is 0 Å². The second-order valence-electron chi connectivity index (χ2n) is 4.24. The molecule has 0 saturated heterocycles. The van der Waals surface area contributed by atoms with E-state index in [1.807, 2.05) is 0 Å². The van der Waals surface area contributed by atoms with E-state index in [2.05, 4.69) is 22.8 Å². The summed E-state index contributed by atoms with van der Waals surface area (Å²) in [5.74, 6) is 0.144. The van der Waals surface area contributed by atoms with Crippen LogP contribution in [-0.2, 0) is 4.79 Å². The van der Waals surface area contributed by atoms with Gasteiger partial charge in [-0.05, 0) is 30.4 Å². The fourth-order valence-corrected chi connectivity index (χ4v) is 2.52. The zero-order valence-corrected chi connectivity index (χ0v) is 8.60. The first kappa shape index (κ1) is 8.77. The van der Waals surface area contributed by atoms with Crippen LogP contribution in [0.5, 0.6) is 0 Å². The van der Waals surface area contributed by atoms with E-state index in [1.54, 1.807) is 0 Å². The molecule has 0 bridgehead atoms. The van der Waals surface area contributed by atoms with Gasteiger partial charge in [0.1, 0.15) is 0 Å². The van der Waals surface area contributed by atoms with Gasteiger partial charge < -0.3 is 10.6 Å². The van der Waals surface area contributed by atoms with Gasteiger partial charge in [0.25, 0.3) is 0 Å². The molecule has 0 fully saturated rings. The van der Waals surface area contributed by atoms with Gasteiger partial charge in [-0.3, -0.25) is 4.79 Å². The molecule has 2 aliphatic heterocycles. The number of hydrogen-bond acceptors (Lipinski definition) is 2. The SMILES string of the molecule is O=C1CC2=C(N1)C1=C(C=CCN1)CCC2. The van der Waals surface area contributed by atoms with Gasteiger partial charge >= 0.3 is 0 Å². The number of amides is 1. The first-order valence-corrected chi connectivity index (χ1v) is 5.50. The highest BCUT2D eigenvalue weighted by Crippen LogP contribution is 2.32. The van der Waals surface area contributed by atoms with Crippen molar-refractivity contribution in [3.05, 3.63) is 34.7 Å². The van der Waals surface area contributed by atoms with E-state index in [0.29, 0.717) is 6.42 Å². The number of allylic oxidation sites excluding steroid dienone is 2. The molecule has 0 aromatic rings. The lowest BCUT2D eigenvalue weighted by molar-refractivity contribution is -0.118. The summed E-state index contributed by atoms with van der Waals surface area (Å²) in [5, 5.41) is 6.35. The fourth-order valence-electron chi connectivity index (χ4n) is 2.52. The Morgan fingerprint density at radius 3 is 3.07 bits per heavy atom. The number of nitrogens with one attached hydrogen (secondary N) is 2. The van der Waals surface area contributed by atoms with Gasteiger partial charge in [-0.15, -0.1) is 0 Å². The Bertz CT molecular complexity index is 415. The van der Waals surface area contributed by atoms with Crippen molar-refractivity contribution in [2.45, 2.75) is 25.7 Å². The van der Waals surface area contributed by atoms with Crippen LogP contribution in [0, 0.1) is 0 Å². The largest absolute Gasteiger partial charge is 0.380 e. The van der Waals surface area contributed by atoms with E-state index in [-0.39, 0.29) is 5.91 Å². The molecule has 0 radical (unpaired) electrons. The van der Waals surface area contributed by atoms with Crippen molar-refractivity contribution in [2.75, 3.05) is 6.54 Å². The first-order chi connectivity index (χ1) is 7.34. The molecule has 2 heterocycles. The lowest BCUT2D eigenvalue weighted by atomic mass is 10.1. The molecule has 3 rings (SSSR count). The van der Waals surface area contributed by atoms with Gasteiger partial charge in [-0.2, -0.15) is 0 Å². The minimum atomic E-state index is 0.144. The molecule has 3 aliphatic rings. The zero-order chi connectivity index (χ0) is 10.3. The van der Waals surface area contributed by atoms with E-state index in [0.717, 1.165) is 37.2 Å². The summed E-state index contributed by atoms with van der Waals surface area (Å²) in [4.78, 5) is 11.4. The molecule has 3 nitrogen and oxygen atoms in total. The van der Waals surface area contributed by atoms with Crippen molar-refractivity contribution < 1.29 is 4.79 Å². The summed E-state index contributed by atoms with van der Waals surface area (Å²) in [6, 6.07) is 0. The Morgan fingerprint density at radius 1 is 1.20 bits per heavy atom. The number of carbonyl (C=O) groups is 1. The van der Waals surface area contributed by atoms with Crippen LogP contribution in [0.1, 0.15) is 25.7 Å². The van der Waals surface area contributed by atoms with Gasteiger partial charge in [0.2, 0.25) is 5.91 Å². The second-order valence-corrected chi connectivity index (χ2v) is 4.24. The van der Waals surface area contributed by atoms with Gasteiger partial charge in [-0.1, -0.05) is 12.2 Å². The first-order valence-electron chi connectivity index (χ1n) is 5.50. The number of dihydropyridines is 1. The maximum Gasteiger partial charge on any atom is 0.228 e. The predicted octanol–water partition coefficient (Wildman–Crippen LogP) is 1.36. The van der Waals surface area contributed by atoms with Crippen LogP contribution in [0.3, 0.4) is 0 Å². The van der Waals surface area contributed by atoms with Gasteiger partial charge in [-0.25, -0.2) is 0 Å². The molecule has 0 unspecified atom stereocenters. The average molecular weight is 202 g/mol. The van der Waals surface area contributed by atoms with Crippen LogP contribution in [0.15, 0.2) is 34.7 Å². The summed E-state index contributed by atoms with van der Waals surface area (Å²) in [6.45, 7) is 0.867. The van der Waals surface area contributed by atoms with Crippen molar-refractivity contribution >= 4 is 5.91 Å². The van der Waals surface area contributed by atoms with Crippen molar-refractivity contribution in [3.8, 4) is 0 Å². The summed E-state index contributed by atoms with van der Waals surface area (Å²) < 4.78 is 0. The standard InChI is InChI=1S/C12H14N2O/c15-10-7-9-4-1-3-8-5-2-6-13-11(8)12(9)14-10/h2,5,13H,1,3-4,6-7H2,(H,14,15). The Labute approximate surface area is 88.9 Å². The molecule has 0 aromatic carbocycles. The topological polar surface area (TPSA) is 41.1 Å². The van der Waals surface area contributed by atoms with Gasteiger partial charge in [0.15, 0.2) is 0 Å². The van der Waals surface area contributed by atoms with Crippen LogP contribution in [0.4, 0.5) is 0 Å². The third kappa shape index (κ3) is 1.39. The number of fused-ring (bicyclic) bond motifs is 1.